The lowest BCUT2D eigenvalue weighted by Gasteiger charge is -2.13. The molecule has 0 N–H and O–H groups in total. The molecule has 0 aliphatic heterocycles. The quantitative estimate of drug-likeness (QED) is 0.597. The van der Waals surface area contributed by atoms with Crippen molar-refractivity contribution in [3.63, 3.8) is 0 Å². The fourth-order valence-electron chi connectivity index (χ4n) is 3.68. The molecule has 0 aromatic carbocycles. The third-order valence-electron chi connectivity index (χ3n) is 5.64. The molecule has 3 aromatic heterocycles. The third-order valence-corrected chi connectivity index (χ3v) is 5.64. The molecule has 0 spiro atoms. The summed E-state index contributed by atoms with van der Waals surface area (Å²) >= 11 is 0. The monoisotopic (exact) mass is 406 g/mol. The van der Waals surface area contributed by atoms with Gasteiger partial charge in [-0.25, -0.2) is 4.98 Å². The third kappa shape index (κ3) is 3.92. The molecule has 156 valence electrons. The number of ether oxygens (including phenoxy) is 2. The Balaban J connectivity index is 1.52. The molecule has 7 heteroatoms. The Kier molecular flexibility index (Phi) is 5.53. The maximum absolute atomic E-state index is 12.6. The lowest BCUT2D eigenvalue weighted by Crippen LogP contribution is -2.21. The molecule has 3 aromatic rings. The van der Waals surface area contributed by atoms with E-state index in [9.17, 15) is 4.79 Å². The topological polar surface area (TPSA) is 79.1 Å². The fourth-order valence-corrected chi connectivity index (χ4v) is 3.68. The minimum atomic E-state index is -0.00522. The molecule has 1 aliphatic carbocycles. The molecule has 0 radical (unpaired) electrons. The predicted molar refractivity (Wildman–Crippen MR) is 114 cm³/mol. The molecule has 0 bridgehead atoms. The number of methoxy groups -OCH3 is 1. The van der Waals surface area contributed by atoms with E-state index in [-0.39, 0.29) is 5.56 Å². The van der Waals surface area contributed by atoms with Crippen molar-refractivity contribution in [2.24, 2.45) is 5.92 Å². The zero-order valence-corrected chi connectivity index (χ0v) is 17.8. The first-order valence-electron chi connectivity index (χ1n) is 10.2. The van der Waals surface area contributed by atoms with Gasteiger partial charge in [-0.3, -0.25) is 9.78 Å². The lowest BCUT2D eigenvalue weighted by molar-refractivity contribution is 0.285. The van der Waals surface area contributed by atoms with Crippen LogP contribution in [0, 0.1) is 19.8 Å². The smallest absolute Gasteiger partial charge is 0.254 e. The summed E-state index contributed by atoms with van der Waals surface area (Å²) in [5.74, 6) is 2.69. The summed E-state index contributed by atoms with van der Waals surface area (Å²) in [6, 6.07) is 5.88. The van der Waals surface area contributed by atoms with Gasteiger partial charge < -0.3 is 14.0 Å². The first-order chi connectivity index (χ1) is 14.5. The van der Waals surface area contributed by atoms with E-state index in [0.717, 1.165) is 29.0 Å². The Morgan fingerprint density at radius 3 is 2.67 bits per heavy atom. The second-order valence-electron chi connectivity index (χ2n) is 7.62. The van der Waals surface area contributed by atoms with E-state index in [0.29, 0.717) is 42.3 Å². The number of pyridine rings is 2. The maximum atomic E-state index is 12.6. The first kappa shape index (κ1) is 20.1. The van der Waals surface area contributed by atoms with Gasteiger partial charge in [-0.15, -0.1) is 0 Å². The Morgan fingerprint density at radius 1 is 1.13 bits per heavy atom. The van der Waals surface area contributed by atoms with Gasteiger partial charge in [0.2, 0.25) is 5.88 Å². The number of aromatic nitrogens is 4. The van der Waals surface area contributed by atoms with E-state index in [1.54, 1.807) is 30.3 Å². The summed E-state index contributed by atoms with van der Waals surface area (Å²) in [6.45, 7) is 6.80. The highest BCUT2D eigenvalue weighted by atomic mass is 16.5. The van der Waals surface area contributed by atoms with Crippen LogP contribution < -0.4 is 15.0 Å². The van der Waals surface area contributed by atoms with Crippen LogP contribution in [0.4, 0.5) is 0 Å². The van der Waals surface area contributed by atoms with Crippen molar-refractivity contribution >= 4 is 0 Å². The highest BCUT2D eigenvalue weighted by Gasteiger charge is 2.40. The number of rotatable bonds is 7. The van der Waals surface area contributed by atoms with Crippen molar-refractivity contribution < 1.29 is 9.47 Å². The standard InChI is InChI=1S/C23H26N4O3/c1-5-27-9-8-18(14(2)23(27)28)20-12-24-15(3)26-22(20)30-13-16-10-19(16)21-7-6-17(29-4)11-25-21/h6-9,11-12,16,19H,5,10,13H2,1-4H3/t16-,19+/m1/s1. The molecular weight excluding hydrogens is 380 g/mol. The normalized spacial score (nSPS) is 17.6. The minimum Gasteiger partial charge on any atom is -0.495 e. The van der Waals surface area contributed by atoms with Crippen LogP contribution in [0.2, 0.25) is 0 Å². The largest absolute Gasteiger partial charge is 0.495 e. The van der Waals surface area contributed by atoms with Crippen molar-refractivity contribution in [2.75, 3.05) is 13.7 Å². The highest BCUT2D eigenvalue weighted by molar-refractivity contribution is 5.70. The van der Waals surface area contributed by atoms with Gasteiger partial charge in [0.15, 0.2) is 0 Å². The summed E-state index contributed by atoms with van der Waals surface area (Å²) in [7, 11) is 1.64. The second-order valence-corrected chi connectivity index (χ2v) is 7.62. The van der Waals surface area contributed by atoms with Gasteiger partial charge >= 0.3 is 0 Å². The molecule has 2 atom stereocenters. The van der Waals surface area contributed by atoms with Crippen molar-refractivity contribution in [3.8, 4) is 22.8 Å². The zero-order valence-electron chi connectivity index (χ0n) is 17.8. The maximum Gasteiger partial charge on any atom is 0.254 e. The summed E-state index contributed by atoms with van der Waals surface area (Å²) < 4.78 is 13.0. The molecule has 0 amide bonds. The van der Waals surface area contributed by atoms with Crippen molar-refractivity contribution in [1.82, 2.24) is 19.5 Å². The van der Waals surface area contributed by atoms with E-state index in [4.69, 9.17) is 9.47 Å². The van der Waals surface area contributed by atoms with Gasteiger partial charge in [0, 0.05) is 42.0 Å². The SMILES string of the molecule is CCn1ccc(-c2cnc(C)nc2OC[C@H]2C[C@@H]2c2ccc(OC)cn2)c(C)c1=O. The fraction of sp³-hybridized carbons (Fsp3) is 0.391. The van der Waals surface area contributed by atoms with Crippen molar-refractivity contribution in [3.05, 3.63) is 64.2 Å². The van der Waals surface area contributed by atoms with Crippen molar-refractivity contribution in [1.29, 1.82) is 0 Å². The lowest BCUT2D eigenvalue weighted by atomic mass is 10.0. The molecule has 0 unspecified atom stereocenters. The van der Waals surface area contributed by atoms with Gasteiger partial charge in [-0.05, 0) is 51.0 Å². The average Bonchev–Trinajstić information content (AvgIpc) is 3.54. The van der Waals surface area contributed by atoms with E-state index in [2.05, 4.69) is 15.0 Å². The van der Waals surface area contributed by atoms with Gasteiger partial charge in [-0.2, -0.15) is 4.98 Å². The van der Waals surface area contributed by atoms with Crippen LogP contribution in [0.15, 0.2) is 41.6 Å². The van der Waals surface area contributed by atoms with Crippen LogP contribution in [-0.4, -0.2) is 33.2 Å². The van der Waals surface area contributed by atoms with Crippen LogP contribution in [0.1, 0.15) is 36.3 Å². The molecule has 1 saturated carbocycles. The molecule has 1 aliphatic rings. The molecule has 1 fully saturated rings. The van der Waals surface area contributed by atoms with Gasteiger partial charge in [0.05, 0.1) is 25.5 Å². The van der Waals surface area contributed by atoms with Crippen LogP contribution in [0.3, 0.4) is 0 Å². The number of hydrogen-bond donors (Lipinski definition) is 0. The molecular formula is C23H26N4O3. The van der Waals surface area contributed by atoms with E-state index in [1.807, 2.05) is 39.0 Å². The van der Waals surface area contributed by atoms with Gasteiger partial charge in [0.1, 0.15) is 11.6 Å². The predicted octanol–water partition coefficient (Wildman–Crippen LogP) is 3.53. The minimum absolute atomic E-state index is 0.00522. The van der Waals surface area contributed by atoms with Crippen LogP contribution in [0.25, 0.3) is 11.1 Å². The van der Waals surface area contributed by atoms with Crippen LogP contribution >= 0.6 is 0 Å². The average molecular weight is 406 g/mol. The molecule has 3 heterocycles. The number of nitrogens with zero attached hydrogens (tertiary/aromatic N) is 4. The van der Waals surface area contributed by atoms with E-state index >= 15 is 0 Å². The summed E-state index contributed by atoms with van der Waals surface area (Å²) in [5, 5.41) is 0. The Morgan fingerprint density at radius 2 is 1.97 bits per heavy atom. The van der Waals surface area contributed by atoms with Crippen molar-refractivity contribution in [2.45, 2.75) is 39.7 Å². The number of hydrogen-bond acceptors (Lipinski definition) is 6. The van der Waals surface area contributed by atoms with Crippen LogP contribution in [0.5, 0.6) is 11.6 Å². The number of aryl methyl sites for hydroxylation is 2. The molecule has 4 rings (SSSR count). The summed E-state index contributed by atoms with van der Waals surface area (Å²) in [5.41, 5.74) is 3.28. The van der Waals surface area contributed by atoms with Gasteiger partial charge in [0.25, 0.3) is 5.56 Å². The van der Waals surface area contributed by atoms with Gasteiger partial charge in [-0.1, -0.05) is 0 Å². The van der Waals surface area contributed by atoms with Crippen LogP contribution in [-0.2, 0) is 6.54 Å². The Bertz CT molecular complexity index is 1110. The Labute approximate surface area is 175 Å². The Hall–Kier alpha value is -3.22. The summed E-state index contributed by atoms with van der Waals surface area (Å²) in [4.78, 5) is 25.9. The highest BCUT2D eigenvalue weighted by Crippen LogP contribution is 2.47. The molecule has 30 heavy (non-hydrogen) atoms. The molecule has 0 saturated heterocycles. The van der Waals surface area contributed by atoms with E-state index < -0.39 is 0 Å². The molecule has 7 nitrogen and oxygen atoms in total. The zero-order chi connectivity index (χ0) is 21.3. The second kappa shape index (κ2) is 8.26. The van der Waals surface area contributed by atoms with E-state index in [1.165, 1.54) is 0 Å². The first-order valence-corrected chi connectivity index (χ1v) is 10.2. The summed E-state index contributed by atoms with van der Waals surface area (Å²) in [6.07, 6.45) is 6.33.